The quantitative estimate of drug-likeness (QED) is 0.815. The fourth-order valence-corrected chi connectivity index (χ4v) is 2.72. The van der Waals surface area contributed by atoms with E-state index in [1.807, 2.05) is 20.2 Å². The van der Waals surface area contributed by atoms with Gasteiger partial charge in [0.25, 0.3) is 5.56 Å². The molecule has 130 valence electrons. The van der Waals surface area contributed by atoms with Gasteiger partial charge >= 0.3 is 0 Å². The Kier molecular flexibility index (Phi) is 5.66. The molecule has 0 aliphatic heterocycles. The number of fused-ring (bicyclic) bond motifs is 1. The summed E-state index contributed by atoms with van der Waals surface area (Å²) in [6.45, 7) is 5.89. The highest BCUT2D eigenvalue weighted by molar-refractivity contribution is 5.77. The molecule has 1 aromatic carbocycles. The molecule has 1 aromatic heterocycles. The zero-order chi connectivity index (χ0) is 17.7. The molecule has 1 amide bonds. The molecule has 0 aliphatic rings. The summed E-state index contributed by atoms with van der Waals surface area (Å²) in [5.74, 6) is -0.0938. The second kappa shape index (κ2) is 7.53. The van der Waals surface area contributed by atoms with Gasteiger partial charge in [-0.15, -0.1) is 5.10 Å². The predicted molar refractivity (Wildman–Crippen MR) is 93.8 cm³/mol. The van der Waals surface area contributed by atoms with Crippen LogP contribution in [0.3, 0.4) is 0 Å². The van der Waals surface area contributed by atoms with E-state index in [0.29, 0.717) is 17.4 Å². The number of nitrogens with zero attached hydrogens (tertiary/aromatic N) is 4. The van der Waals surface area contributed by atoms with Gasteiger partial charge in [0.05, 0.1) is 11.9 Å². The molecule has 0 saturated carbocycles. The number of hydrogen-bond acceptors (Lipinski definition) is 5. The minimum absolute atomic E-state index is 0.0151. The third-order valence-corrected chi connectivity index (χ3v) is 3.69. The van der Waals surface area contributed by atoms with Gasteiger partial charge in [0.2, 0.25) is 5.91 Å². The summed E-state index contributed by atoms with van der Waals surface area (Å²) >= 11 is 0. The van der Waals surface area contributed by atoms with E-state index < -0.39 is 0 Å². The standard InChI is InChI=1S/C17H25N5O2/c1-17(2,12-21(3)4)11-18-15(23)9-10-22-16(24)13-7-5-6-8-14(13)19-20-22/h5-8H,9-12H2,1-4H3,(H,18,23). The van der Waals surface area contributed by atoms with Crippen molar-refractivity contribution in [2.45, 2.75) is 26.8 Å². The Bertz CT molecular complexity index is 767. The van der Waals surface area contributed by atoms with Crippen LogP contribution in [0.4, 0.5) is 0 Å². The Hall–Kier alpha value is -2.28. The highest BCUT2D eigenvalue weighted by Crippen LogP contribution is 2.14. The van der Waals surface area contributed by atoms with E-state index in [1.54, 1.807) is 18.2 Å². The van der Waals surface area contributed by atoms with Gasteiger partial charge in [-0.2, -0.15) is 0 Å². The van der Waals surface area contributed by atoms with Crippen LogP contribution >= 0.6 is 0 Å². The average molecular weight is 331 g/mol. The summed E-state index contributed by atoms with van der Waals surface area (Å²) < 4.78 is 1.24. The van der Waals surface area contributed by atoms with Crippen molar-refractivity contribution in [1.82, 2.24) is 25.2 Å². The summed E-state index contributed by atoms with van der Waals surface area (Å²) in [6.07, 6.45) is 0.199. The fraction of sp³-hybridized carbons (Fsp3) is 0.529. The number of rotatable bonds is 7. The van der Waals surface area contributed by atoms with Crippen LogP contribution < -0.4 is 10.9 Å². The van der Waals surface area contributed by atoms with E-state index in [9.17, 15) is 9.59 Å². The van der Waals surface area contributed by atoms with Gasteiger partial charge in [-0.05, 0) is 31.6 Å². The predicted octanol–water partition coefficient (Wildman–Crippen LogP) is 0.886. The zero-order valence-corrected chi connectivity index (χ0v) is 14.7. The van der Waals surface area contributed by atoms with Crippen molar-refractivity contribution in [1.29, 1.82) is 0 Å². The number of aromatic nitrogens is 3. The molecule has 0 spiro atoms. The molecule has 7 nitrogen and oxygen atoms in total. The Labute approximate surface area is 141 Å². The van der Waals surface area contributed by atoms with Gasteiger partial charge in [0, 0.05) is 19.5 Å². The van der Waals surface area contributed by atoms with E-state index in [-0.39, 0.29) is 29.8 Å². The van der Waals surface area contributed by atoms with Crippen molar-refractivity contribution >= 4 is 16.8 Å². The number of nitrogens with one attached hydrogen (secondary N) is 1. The first-order chi connectivity index (χ1) is 11.3. The van der Waals surface area contributed by atoms with E-state index in [0.717, 1.165) is 6.54 Å². The van der Waals surface area contributed by atoms with E-state index in [1.165, 1.54) is 4.68 Å². The monoisotopic (exact) mass is 331 g/mol. The van der Waals surface area contributed by atoms with Crippen molar-refractivity contribution in [2.24, 2.45) is 5.41 Å². The molecule has 0 radical (unpaired) electrons. The topological polar surface area (TPSA) is 80.1 Å². The Morgan fingerprint density at radius 2 is 2.00 bits per heavy atom. The van der Waals surface area contributed by atoms with Gasteiger partial charge in [0.15, 0.2) is 0 Å². The SMILES string of the molecule is CN(C)CC(C)(C)CNC(=O)CCn1nnc2ccccc2c1=O. The lowest BCUT2D eigenvalue weighted by molar-refractivity contribution is -0.121. The van der Waals surface area contributed by atoms with Crippen LogP contribution in [0.15, 0.2) is 29.1 Å². The maximum absolute atomic E-state index is 12.3. The molecule has 0 atom stereocenters. The number of benzene rings is 1. The summed E-state index contributed by atoms with van der Waals surface area (Å²) in [4.78, 5) is 26.4. The maximum Gasteiger partial charge on any atom is 0.277 e. The number of carbonyl (C=O) groups is 1. The van der Waals surface area contributed by atoms with Crippen LogP contribution in [-0.4, -0.2) is 53.0 Å². The first-order valence-corrected chi connectivity index (χ1v) is 8.02. The van der Waals surface area contributed by atoms with Crippen molar-refractivity contribution in [3.63, 3.8) is 0 Å². The molecule has 1 heterocycles. The number of aryl methyl sites for hydroxylation is 1. The molecule has 0 fully saturated rings. The molecule has 2 aromatic rings. The number of amides is 1. The third kappa shape index (κ3) is 4.86. The second-order valence-electron chi connectivity index (χ2n) is 7.06. The van der Waals surface area contributed by atoms with Crippen LogP contribution in [-0.2, 0) is 11.3 Å². The first-order valence-electron chi connectivity index (χ1n) is 8.02. The smallest absolute Gasteiger partial charge is 0.277 e. The molecular weight excluding hydrogens is 306 g/mol. The van der Waals surface area contributed by atoms with Gasteiger partial charge in [0.1, 0.15) is 5.52 Å². The summed E-state index contributed by atoms with van der Waals surface area (Å²) in [6, 6.07) is 7.05. The van der Waals surface area contributed by atoms with E-state index in [4.69, 9.17) is 0 Å². The highest BCUT2D eigenvalue weighted by atomic mass is 16.2. The van der Waals surface area contributed by atoms with Crippen LogP contribution in [0.5, 0.6) is 0 Å². The lowest BCUT2D eigenvalue weighted by Crippen LogP contribution is -2.40. The normalized spacial score (nSPS) is 11.9. The van der Waals surface area contributed by atoms with Gasteiger partial charge in [-0.3, -0.25) is 9.59 Å². The lowest BCUT2D eigenvalue weighted by atomic mass is 9.93. The van der Waals surface area contributed by atoms with E-state index >= 15 is 0 Å². The van der Waals surface area contributed by atoms with Crippen LogP contribution in [0.25, 0.3) is 10.9 Å². The number of carbonyl (C=O) groups excluding carboxylic acids is 1. The maximum atomic E-state index is 12.3. The molecule has 1 N–H and O–H groups in total. The lowest BCUT2D eigenvalue weighted by Gasteiger charge is -2.28. The van der Waals surface area contributed by atoms with Crippen LogP contribution in [0, 0.1) is 5.41 Å². The van der Waals surface area contributed by atoms with Crippen molar-refractivity contribution in [3.05, 3.63) is 34.6 Å². The molecular formula is C17H25N5O2. The number of hydrogen-bond donors (Lipinski definition) is 1. The fourth-order valence-electron chi connectivity index (χ4n) is 2.72. The Balaban J connectivity index is 1.93. The Morgan fingerprint density at radius 3 is 2.71 bits per heavy atom. The molecule has 0 bridgehead atoms. The molecule has 24 heavy (non-hydrogen) atoms. The summed E-state index contributed by atoms with van der Waals surface area (Å²) in [7, 11) is 4.02. The van der Waals surface area contributed by atoms with Gasteiger partial charge in [-0.25, -0.2) is 4.68 Å². The average Bonchev–Trinajstić information content (AvgIpc) is 2.51. The van der Waals surface area contributed by atoms with Crippen molar-refractivity contribution < 1.29 is 4.79 Å². The molecule has 0 saturated heterocycles. The first kappa shape index (κ1) is 18.1. The largest absolute Gasteiger partial charge is 0.355 e. The second-order valence-corrected chi connectivity index (χ2v) is 7.06. The molecule has 2 rings (SSSR count). The van der Waals surface area contributed by atoms with Crippen LogP contribution in [0.1, 0.15) is 20.3 Å². The van der Waals surface area contributed by atoms with Gasteiger partial charge < -0.3 is 10.2 Å². The zero-order valence-electron chi connectivity index (χ0n) is 14.7. The third-order valence-electron chi connectivity index (χ3n) is 3.69. The van der Waals surface area contributed by atoms with Crippen molar-refractivity contribution in [2.75, 3.05) is 27.2 Å². The van der Waals surface area contributed by atoms with Crippen molar-refractivity contribution in [3.8, 4) is 0 Å². The van der Waals surface area contributed by atoms with Crippen LogP contribution in [0.2, 0.25) is 0 Å². The summed E-state index contributed by atoms with van der Waals surface area (Å²) in [5, 5.41) is 11.3. The molecule has 0 aliphatic carbocycles. The molecule has 7 heteroatoms. The highest BCUT2D eigenvalue weighted by Gasteiger charge is 2.19. The molecule has 0 unspecified atom stereocenters. The minimum Gasteiger partial charge on any atom is -0.355 e. The summed E-state index contributed by atoms with van der Waals surface area (Å²) in [5.41, 5.74) is 0.327. The Morgan fingerprint density at radius 1 is 1.29 bits per heavy atom. The van der Waals surface area contributed by atoms with E-state index in [2.05, 4.69) is 34.4 Å². The van der Waals surface area contributed by atoms with Gasteiger partial charge in [-0.1, -0.05) is 31.2 Å². The minimum atomic E-state index is -0.221.